The molecule has 0 radical (unpaired) electrons. The highest BCUT2D eigenvalue weighted by atomic mass is 32.2. The molecule has 1 aromatic carbocycles. The number of halogens is 1. The summed E-state index contributed by atoms with van der Waals surface area (Å²) < 4.78 is 38.9. The number of benzene rings is 1. The van der Waals surface area contributed by atoms with E-state index in [2.05, 4.69) is 0 Å². The molecule has 2 fully saturated rings. The highest BCUT2D eigenvalue weighted by Crippen LogP contribution is 2.32. The van der Waals surface area contributed by atoms with Gasteiger partial charge < -0.3 is 9.64 Å². The molecule has 0 saturated carbocycles. The van der Waals surface area contributed by atoms with Gasteiger partial charge in [0, 0.05) is 40.2 Å². The monoisotopic (exact) mass is 382 g/mol. The van der Waals surface area contributed by atoms with Gasteiger partial charge in [-0.3, -0.25) is 9.57 Å². The fourth-order valence-electron chi connectivity index (χ4n) is 3.78. The van der Waals surface area contributed by atoms with Gasteiger partial charge in [-0.2, -0.15) is 0 Å². The maximum Gasteiger partial charge on any atom is 0.225 e. The summed E-state index contributed by atoms with van der Waals surface area (Å²) in [5.74, 6) is 0.410. The standard InChI is InChI=1S/C19H27FN2O3S/c1-15(5-6-16-3-2-4-17(20)13-16)18(23)22-9-10-25-19(14-22)7-11-26(21,24)12-8-19/h2-4,13,15,21H,5-12,14H2,1H3. The molecule has 5 nitrogen and oxygen atoms in total. The van der Waals surface area contributed by atoms with Gasteiger partial charge in [0.25, 0.3) is 0 Å². The van der Waals surface area contributed by atoms with Crippen molar-refractivity contribution in [3.8, 4) is 0 Å². The average Bonchev–Trinajstić information content (AvgIpc) is 2.62. The van der Waals surface area contributed by atoms with Crippen LogP contribution in [0.15, 0.2) is 24.3 Å². The Morgan fingerprint density at radius 2 is 2.15 bits per heavy atom. The minimum absolute atomic E-state index is 0.0984. The summed E-state index contributed by atoms with van der Waals surface area (Å²) in [5.41, 5.74) is 0.471. The molecule has 2 aliphatic rings. The van der Waals surface area contributed by atoms with Crippen molar-refractivity contribution in [2.45, 2.75) is 38.2 Å². The van der Waals surface area contributed by atoms with E-state index in [-0.39, 0.29) is 17.6 Å². The Balaban J connectivity index is 1.56. The third kappa shape index (κ3) is 4.62. The lowest BCUT2D eigenvalue weighted by atomic mass is 9.93. The number of hydrogen-bond donors (Lipinski definition) is 1. The minimum atomic E-state index is -2.47. The van der Waals surface area contributed by atoms with Crippen molar-refractivity contribution < 1.29 is 18.1 Å². The maximum absolute atomic E-state index is 13.3. The molecule has 1 amide bonds. The van der Waals surface area contributed by atoms with Gasteiger partial charge in [0.2, 0.25) is 5.91 Å². The molecule has 0 aromatic heterocycles. The van der Waals surface area contributed by atoms with E-state index in [0.29, 0.717) is 56.9 Å². The molecule has 7 heteroatoms. The number of amides is 1. The van der Waals surface area contributed by atoms with Crippen molar-refractivity contribution in [2.75, 3.05) is 31.2 Å². The topological polar surface area (TPSA) is 70.5 Å². The molecule has 1 aromatic rings. The first kappa shape index (κ1) is 19.3. The quantitative estimate of drug-likeness (QED) is 0.870. The van der Waals surface area contributed by atoms with Crippen molar-refractivity contribution in [2.24, 2.45) is 5.92 Å². The van der Waals surface area contributed by atoms with E-state index in [1.807, 2.05) is 17.9 Å². The maximum atomic E-state index is 13.3. The van der Waals surface area contributed by atoms with E-state index in [4.69, 9.17) is 9.52 Å². The third-order valence-electron chi connectivity index (χ3n) is 5.51. The van der Waals surface area contributed by atoms with Crippen molar-refractivity contribution in [1.29, 1.82) is 4.78 Å². The SMILES string of the molecule is CC(CCc1cccc(F)c1)C(=O)N1CCOC2(CCS(=N)(=O)CC2)C1. The van der Waals surface area contributed by atoms with E-state index in [1.54, 1.807) is 6.07 Å². The molecule has 26 heavy (non-hydrogen) atoms. The number of nitrogens with one attached hydrogen (secondary N) is 1. The molecule has 1 spiro atoms. The molecular weight excluding hydrogens is 355 g/mol. The lowest BCUT2D eigenvalue weighted by Crippen LogP contribution is -2.57. The fraction of sp³-hybridized carbons (Fsp3) is 0.632. The van der Waals surface area contributed by atoms with Crippen LogP contribution in [0.25, 0.3) is 0 Å². The second-order valence-electron chi connectivity index (χ2n) is 7.58. The van der Waals surface area contributed by atoms with Gasteiger partial charge in [-0.25, -0.2) is 8.60 Å². The summed E-state index contributed by atoms with van der Waals surface area (Å²) >= 11 is 0. The lowest BCUT2D eigenvalue weighted by molar-refractivity contribution is -0.155. The summed E-state index contributed by atoms with van der Waals surface area (Å²) in [6.45, 7) is 3.50. The largest absolute Gasteiger partial charge is 0.371 e. The fourth-order valence-corrected chi connectivity index (χ4v) is 5.38. The van der Waals surface area contributed by atoms with Crippen LogP contribution in [-0.4, -0.2) is 51.8 Å². The van der Waals surface area contributed by atoms with Gasteiger partial charge in [0.1, 0.15) is 5.82 Å². The van der Waals surface area contributed by atoms with Crippen LogP contribution in [0.1, 0.15) is 31.7 Å². The summed E-state index contributed by atoms with van der Waals surface area (Å²) in [5, 5.41) is 0. The van der Waals surface area contributed by atoms with E-state index >= 15 is 0 Å². The highest BCUT2D eigenvalue weighted by molar-refractivity contribution is 7.92. The number of rotatable bonds is 4. The summed E-state index contributed by atoms with van der Waals surface area (Å²) in [7, 11) is -2.47. The Bertz CT molecular complexity index is 752. The average molecular weight is 383 g/mol. The number of carbonyl (C=O) groups is 1. The van der Waals surface area contributed by atoms with E-state index < -0.39 is 15.3 Å². The van der Waals surface area contributed by atoms with Crippen molar-refractivity contribution in [3.63, 3.8) is 0 Å². The first-order valence-electron chi connectivity index (χ1n) is 9.20. The zero-order valence-corrected chi connectivity index (χ0v) is 16.0. The van der Waals surface area contributed by atoms with Crippen LogP contribution in [0.3, 0.4) is 0 Å². The van der Waals surface area contributed by atoms with E-state index in [9.17, 15) is 13.4 Å². The molecule has 0 aliphatic carbocycles. The van der Waals surface area contributed by atoms with Crippen LogP contribution in [0.2, 0.25) is 0 Å². The molecular formula is C19H27FN2O3S. The zero-order chi connectivity index (χ0) is 18.8. The van der Waals surface area contributed by atoms with Crippen molar-refractivity contribution in [1.82, 2.24) is 4.90 Å². The van der Waals surface area contributed by atoms with E-state index in [1.165, 1.54) is 12.1 Å². The number of nitrogens with zero attached hydrogens (tertiary/aromatic N) is 1. The summed E-state index contributed by atoms with van der Waals surface area (Å²) in [6, 6.07) is 6.51. The minimum Gasteiger partial charge on any atom is -0.371 e. The van der Waals surface area contributed by atoms with Crippen LogP contribution in [-0.2, 0) is 25.7 Å². The number of hydrogen-bond acceptors (Lipinski definition) is 4. The molecule has 2 aliphatic heterocycles. The third-order valence-corrected chi connectivity index (χ3v) is 7.24. The predicted molar refractivity (Wildman–Crippen MR) is 99.0 cm³/mol. The Morgan fingerprint density at radius 3 is 2.85 bits per heavy atom. The number of ether oxygens (including phenoxy) is 1. The number of aryl methyl sites for hydroxylation is 1. The molecule has 0 bridgehead atoms. The highest BCUT2D eigenvalue weighted by Gasteiger charge is 2.42. The zero-order valence-electron chi connectivity index (χ0n) is 15.2. The van der Waals surface area contributed by atoms with Gasteiger partial charge in [-0.1, -0.05) is 19.1 Å². The second kappa shape index (κ2) is 7.64. The Hall–Kier alpha value is -1.47. The summed E-state index contributed by atoms with van der Waals surface area (Å²) in [4.78, 5) is 14.7. The normalized spacial score (nSPS) is 30.3. The summed E-state index contributed by atoms with van der Waals surface area (Å²) in [6.07, 6.45) is 2.50. The van der Waals surface area contributed by atoms with Gasteiger partial charge in [0.15, 0.2) is 0 Å². The molecule has 144 valence electrons. The first-order chi connectivity index (χ1) is 12.3. The molecule has 2 heterocycles. The molecule has 3 rings (SSSR count). The number of morpholine rings is 1. The van der Waals surface area contributed by atoms with Crippen LogP contribution in [0, 0.1) is 16.5 Å². The predicted octanol–water partition coefficient (Wildman–Crippen LogP) is 2.83. The molecule has 1 atom stereocenters. The van der Waals surface area contributed by atoms with Crippen LogP contribution < -0.4 is 0 Å². The van der Waals surface area contributed by atoms with Crippen LogP contribution in [0.4, 0.5) is 4.39 Å². The van der Waals surface area contributed by atoms with Gasteiger partial charge in [0.05, 0.1) is 12.2 Å². The van der Waals surface area contributed by atoms with Crippen molar-refractivity contribution in [3.05, 3.63) is 35.6 Å². The van der Waals surface area contributed by atoms with Gasteiger partial charge in [-0.05, 0) is 43.4 Å². The smallest absolute Gasteiger partial charge is 0.225 e. The van der Waals surface area contributed by atoms with E-state index in [0.717, 1.165) is 5.56 Å². The first-order valence-corrected chi connectivity index (χ1v) is 11.1. The Morgan fingerprint density at radius 1 is 1.42 bits per heavy atom. The van der Waals surface area contributed by atoms with Crippen LogP contribution >= 0.6 is 0 Å². The van der Waals surface area contributed by atoms with Crippen LogP contribution in [0.5, 0.6) is 0 Å². The lowest BCUT2D eigenvalue weighted by Gasteiger charge is -2.45. The second-order valence-corrected chi connectivity index (χ2v) is 10.0. The Labute approximate surface area is 154 Å². The van der Waals surface area contributed by atoms with Gasteiger partial charge in [-0.15, -0.1) is 0 Å². The van der Waals surface area contributed by atoms with Gasteiger partial charge >= 0.3 is 0 Å². The molecule has 1 N–H and O–H groups in total. The Kier molecular flexibility index (Phi) is 5.67. The molecule has 1 unspecified atom stereocenters. The van der Waals surface area contributed by atoms with Crippen molar-refractivity contribution >= 4 is 15.6 Å². The molecule has 2 saturated heterocycles. The number of carbonyl (C=O) groups excluding carboxylic acids is 1.